The van der Waals surface area contributed by atoms with Gasteiger partial charge in [-0.3, -0.25) is 0 Å². The van der Waals surface area contributed by atoms with Crippen molar-refractivity contribution in [3.05, 3.63) is 119 Å². The summed E-state index contributed by atoms with van der Waals surface area (Å²) >= 11 is 0. The van der Waals surface area contributed by atoms with Crippen LogP contribution in [0.25, 0.3) is 0 Å². The van der Waals surface area contributed by atoms with Crippen LogP contribution < -0.4 is 5.73 Å². The Morgan fingerprint density at radius 1 is 0.720 bits per heavy atom. The molecule has 0 radical (unpaired) electrons. The fraction of sp³-hybridized carbons (Fsp3) is 0.0476. The topological polar surface area (TPSA) is 26.0 Å². The zero-order valence-electron chi connectivity index (χ0n) is 13.3. The molecule has 0 amide bonds. The maximum Gasteiger partial charge on any atom is 0.128 e. The van der Waals surface area contributed by atoms with E-state index in [0.29, 0.717) is 11.1 Å². The largest absolute Gasteiger partial charge is 0.401 e. The van der Waals surface area contributed by atoms with Gasteiger partial charge in [0.1, 0.15) is 17.5 Å². The molecular formula is C21H16F3N. The molecule has 0 aliphatic rings. The Hall–Kier alpha value is -3.01. The second kappa shape index (κ2) is 6.48. The Balaban J connectivity index is 2.40. The van der Waals surface area contributed by atoms with Gasteiger partial charge in [0.2, 0.25) is 0 Å². The van der Waals surface area contributed by atoms with Gasteiger partial charge in [-0.15, -0.1) is 0 Å². The van der Waals surface area contributed by atoms with E-state index in [1.165, 1.54) is 54.6 Å². The van der Waals surface area contributed by atoms with Crippen molar-refractivity contribution in [2.75, 3.05) is 0 Å². The highest BCUT2D eigenvalue weighted by Crippen LogP contribution is 2.43. The molecule has 0 bridgehead atoms. The lowest BCUT2D eigenvalue weighted by atomic mass is 9.67. The van der Waals surface area contributed by atoms with Gasteiger partial charge in [-0.2, -0.15) is 0 Å². The average Bonchev–Trinajstić information content (AvgIpc) is 2.59. The molecule has 0 unspecified atom stereocenters. The summed E-state index contributed by atoms with van der Waals surface area (Å²) in [6.45, 7) is 3.87. The molecule has 0 saturated heterocycles. The Morgan fingerprint density at radius 2 is 1.16 bits per heavy atom. The Bertz CT molecular complexity index is 854. The van der Waals surface area contributed by atoms with E-state index in [1.54, 1.807) is 18.2 Å². The number of nitrogens with two attached hydrogens (primary N) is 1. The molecule has 4 heteroatoms. The van der Waals surface area contributed by atoms with Crippen molar-refractivity contribution in [2.24, 2.45) is 5.73 Å². The van der Waals surface area contributed by atoms with Gasteiger partial charge in [0.25, 0.3) is 0 Å². The van der Waals surface area contributed by atoms with Crippen LogP contribution in [0.3, 0.4) is 0 Å². The van der Waals surface area contributed by atoms with Crippen molar-refractivity contribution in [1.82, 2.24) is 0 Å². The lowest BCUT2D eigenvalue weighted by Gasteiger charge is -2.36. The van der Waals surface area contributed by atoms with Gasteiger partial charge < -0.3 is 5.73 Å². The smallest absolute Gasteiger partial charge is 0.128 e. The first-order valence-electron chi connectivity index (χ1n) is 7.68. The number of benzene rings is 3. The SMILES string of the molecule is C=C(N)C(c1ccc(F)cc1)(c1ccc(F)cc1)c1ccccc1F. The van der Waals surface area contributed by atoms with E-state index in [0.717, 1.165) is 0 Å². The lowest BCUT2D eigenvalue weighted by molar-refractivity contribution is 0.572. The molecule has 25 heavy (non-hydrogen) atoms. The quantitative estimate of drug-likeness (QED) is 0.672. The monoisotopic (exact) mass is 339 g/mol. The third-order valence-electron chi connectivity index (χ3n) is 4.31. The molecule has 0 spiro atoms. The Morgan fingerprint density at radius 3 is 1.56 bits per heavy atom. The zero-order valence-corrected chi connectivity index (χ0v) is 13.3. The normalized spacial score (nSPS) is 11.3. The zero-order chi connectivity index (χ0) is 18.0. The number of halogens is 3. The molecule has 0 aromatic heterocycles. The van der Waals surface area contributed by atoms with Crippen LogP contribution in [0.15, 0.2) is 85.1 Å². The summed E-state index contributed by atoms with van der Waals surface area (Å²) in [4.78, 5) is 0. The number of rotatable bonds is 4. The van der Waals surface area contributed by atoms with Crippen LogP contribution in [0.5, 0.6) is 0 Å². The van der Waals surface area contributed by atoms with E-state index in [9.17, 15) is 13.2 Å². The van der Waals surface area contributed by atoms with E-state index in [-0.39, 0.29) is 11.3 Å². The van der Waals surface area contributed by atoms with Gasteiger partial charge in [0.05, 0.1) is 5.41 Å². The molecule has 126 valence electrons. The van der Waals surface area contributed by atoms with Gasteiger partial charge in [0, 0.05) is 11.3 Å². The number of hydrogen-bond acceptors (Lipinski definition) is 1. The molecule has 2 N–H and O–H groups in total. The van der Waals surface area contributed by atoms with Crippen LogP contribution in [0.2, 0.25) is 0 Å². The average molecular weight is 339 g/mol. The summed E-state index contributed by atoms with van der Waals surface area (Å²) in [6.07, 6.45) is 0. The summed E-state index contributed by atoms with van der Waals surface area (Å²) < 4.78 is 41.6. The molecule has 3 aromatic carbocycles. The molecule has 1 nitrogen and oxygen atoms in total. The molecule has 3 rings (SSSR count). The maximum absolute atomic E-state index is 14.7. The van der Waals surface area contributed by atoms with Crippen molar-refractivity contribution in [1.29, 1.82) is 0 Å². The second-order valence-corrected chi connectivity index (χ2v) is 5.77. The highest BCUT2D eigenvalue weighted by molar-refractivity contribution is 5.57. The predicted octanol–water partition coefficient (Wildman–Crippen LogP) is 4.91. The van der Waals surface area contributed by atoms with Crippen LogP contribution in [-0.2, 0) is 5.41 Å². The first-order chi connectivity index (χ1) is 12.0. The van der Waals surface area contributed by atoms with Crippen LogP contribution in [0.4, 0.5) is 13.2 Å². The summed E-state index contributed by atoms with van der Waals surface area (Å²) in [5.74, 6) is -1.33. The van der Waals surface area contributed by atoms with E-state index < -0.39 is 22.9 Å². The fourth-order valence-electron chi connectivity index (χ4n) is 3.19. The molecule has 0 aliphatic heterocycles. The fourth-order valence-corrected chi connectivity index (χ4v) is 3.19. The van der Waals surface area contributed by atoms with Crippen molar-refractivity contribution >= 4 is 0 Å². The summed E-state index contributed by atoms with van der Waals surface area (Å²) in [5.41, 5.74) is 6.39. The van der Waals surface area contributed by atoms with E-state index in [2.05, 4.69) is 6.58 Å². The molecule has 3 aromatic rings. The highest BCUT2D eigenvalue weighted by Gasteiger charge is 2.40. The molecule has 0 saturated carbocycles. The number of hydrogen-bond donors (Lipinski definition) is 1. The minimum absolute atomic E-state index is 0.149. The van der Waals surface area contributed by atoms with Crippen LogP contribution in [0, 0.1) is 17.5 Å². The third kappa shape index (κ3) is 2.80. The van der Waals surface area contributed by atoms with Crippen molar-refractivity contribution in [3.63, 3.8) is 0 Å². The predicted molar refractivity (Wildman–Crippen MR) is 92.4 cm³/mol. The summed E-state index contributed by atoms with van der Waals surface area (Å²) in [7, 11) is 0. The molecule has 0 atom stereocenters. The summed E-state index contributed by atoms with van der Waals surface area (Å²) in [6, 6.07) is 17.4. The highest BCUT2D eigenvalue weighted by atomic mass is 19.1. The van der Waals surface area contributed by atoms with E-state index in [1.807, 2.05) is 0 Å². The minimum Gasteiger partial charge on any atom is -0.401 e. The maximum atomic E-state index is 14.7. The van der Waals surface area contributed by atoms with Crippen molar-refractivity contribution < 1.29 is 13.2 Å². The standard InChI is InChI=1S/C21H16F3N/c1-14(25)21(15-6-10-17(22)11-7-15,16-8-12-18(23)13-9-16)19-4-2-3-5-20(19)24/h2-13H,1,25H2. The first kappa shape index (κ1) is 16.8. The van der Waals surface area contributed by atoms with E-state index >= 15 is 0 Å². The van der Waals surface area contributed by atoms with Crippen molar-refractivity contribution in [2.45, 2.75) is 5.41 Å². The lowest BCUT2D eigenvalue weighted by Crippen LogP contribution is -2.36. The summed E-state index contributed by atoms with van der Waals surface area (Å²) in [5, 5.41) is 0. The van der Waals surface area contributed by atoms with E-state index in [4.69, 9.17) is 5.73 Å². The first-order valence-corrected chi connectivity index (χ1v) is 7.68. The van der Waals surface area contributed by atoms with Gasteiger partial charge in [0.15, 0.2) is 0 Å². The van der Waals surface area contributed by atoms with Crippen molar-refractivity contribution in [3.8, 4) is 0 Å². The third-order valence-corrected chi connectivity index (χ3v) is 4.31. The molecule has 0 fully saturated rings. The van der Waals surface area contributed by atoms with Gasteiger partial charge in [-0.05, 0) is 41.5 Å². The number of allylic oxidation sites excluding steroid dienone is 1. The minimum atomic E-state index is -1.27. The Labute approximate surface area is 144 Å². The van der Waals surface area contributed by atoms with Gasteiger partial charge in [-0.1, -0.05) is 49.0 Å². The van der Waals surface area contributed by atoms with Crippen LogP contribution >= 0.6 is 0 Å². The molecule has 0 aliphatic carbocycles. The van der Waals surface area contributed by atoms with Crippen LogP contribution in [0.1, 0.15) is 16.7 Å². The molecule has 0 heterocycles. The Kier molecular flexibility index (Phi) is 4.36. The van der Waals surface area contributed by atoms with Crippen LogP contribution in [-0.4, -0.2) is 0 Å². The molecular weight excluding hydrogens is 323 g/mol. The van der Waals surface area contributed by atoms with Gasteiger partial charge >= 0.3 is 0 Å². The van der Waals surface area contributed by atoms with Gasteiger partial charge in [-0.25, -0.2) is 13.2 Å². The second-order valence-electron chi connectivity index (χ2n) is 5.77.